The van der Waals surface area contributed by atoms with Crippen molar-refractivity contribution < 1.29 is 41.5 Å². The molecule has 4 aliphatic rings. The van der Waals surface area contributed by atoms with Crippen LogP contribution in [0.5, 0.6) is 5.75 Å². The van der Waals surface area contributed by atoms with Gasteiger partial charge in [0.25, 0.3) is 5.91 Å². The molecule has 0 bridgehead atoms. The van der Waals surface area contributed by atoms with Gasteiger partial charge in [-0.05, 0) is 68.4 Å². The molecule has 5 heterocycles. The molecule has 1 aliphatic carbocycles. The fourth-order valence-electron chi connectivity index (χ4n) is 9.81. The van der Waals surface area contributed by atoms with E-state index >= 15 is 4.39 Å². The van der Waals surface area contributed by atoms with E-state index in [2.05, 4.69) is 15.1 Å². The standard InChI is InChI=1S/C47H54F3N7O7/c1-6-17-52(4)44(61)38-25-33-41(63-38)34(26-47(3,42(33)48)30-10-8-18-56(27-30)28(2)58)32-13-12-31(24-37(32)64-45(49)50)55-22-20-54(21-23-55)19-16-29-9-7-11-35-40(29)53(5)46(62)57(35)36-14-15-39(59)51-43(36)60/h7,9-13,24-25,36,45H,6,8,14-23,26-27H2,1-5H3,(H,51,59,60). The lowest BCUT2D eigenvalue weighted by atomic mass is 9.70. The number of para-hydroxylation sites is 1. The zero-order valence-corrected chi connectivity index (χ0v) is 36.8. The Morgan fingerprint density at radius 2 is 1.83 bits per heavy atom. The first-order chi connectivity index (χ1) is 30.6. The predicted octanol–water partition coefficient (Wildman–Crippen LogP) is 4.22. The van der Waals surface area contributed by atoms with Crippen LogP contribution in [0.3, 0.4) is 0 Å². The molecule has 4 aromatic rings. The molecular formula is C47H54F3N7O7. The van der Waals surface area contributed by atoms with Crippen LogP contribution in [0.15, 0.2) is 63.3 Å². The number of imide groups is 1. The molecule has 17 heteroatoms. The highest BCUT2D eigenvalue weighted by Gasteiger charge is 2.42. The second-order valence-electron chi connectivity index (χ2n) is 17.4. The SMILES string of the molecule is CCCN(C)C(=O)c1cc2c(o1)=C(c1ccc(N3CCN(CCc4cccc5c4n(C)c(=O)n5C4CCC(=O)NC4=O)CC3)cc1OC(F)F)CC(C)(C1=CCCN(C(C)=O)C1)C=2F. The summed E-state index contributed by atoms with van der Waals surface area (Å²) in [6, 6.07) is 11.4. The second-order valence-corrected chi connectivity index (χ2v) is 17.4. The van der Waals surface area contributed by atoms with Gasteiger partial charge in [0.05, 0.1) is 16.3 Å². The maximum atomic E-state index is 17.0. The number of piperidine rings is 1. The number of alkyl halides is 2. The third-order valence-electron chi connectivity index (χ3n) is 13.3. The molecule has 2 fully saturated rings. The van der Waals surface area contributed by atoms with Crippen LogP contribution < -0.4 is 31.3 Å². The number of nitrogens with one attached hydrogen (secondary N) is 1. The van der Waals surface area contributed by atoms with Crippen LogP contribution in [-0.2, 0) is 27.9 Å². The summed E-state index contributed by atoms with van der Waals surface area (Å²) >= 11 is 0. The van der Waals surface area contributed by atoms with Gasteiger partial charge in [0.2, 0.25) is 17.7 Å². The number of nitrogens with zero attached hydrogens (tertiary/aromatic N) is 6. The van der Waals surface area contributed by atoms with Gasteiger partial charge in [0.15, 0.2) is 5.76 Å². The summed E-state index contributed by atoms with van der Waals surface area (Å²) in [5, 5.41) is 2.41. The van der Waals surface area contributed by atoms with Crippen LogP contribution in [0.2, 0.25) is 0 Å². The third kappa shape index (κ3) is 8.25. The number of fused-ring (bicyclic) bond motifs is 2. The van der Waals surface area contributed by atoms with Gasteiger partial charge >= 0.3 is 12.3 Å². The van der Waals surface area contributed by atoms with Crippen molar-refractivity contribution in [1.82, 2.24) is 29.2 Å². The zero-order valence-electron chi connectivity index (χ0n) is 36.8. The molecule has 0 spiro atoms. The number of hydrogen-bond donors (Lipinski definition) is 1. The van der Waals surface area contributed by atoms with Crippen molar-refractivity contribution in [2.24, 2.45) is 12.5 Å². The van der Waals surface area contributed by atoms with Crippen molar-refractivity contribution in [2.75, 3.05) is 64.3 Å². The van der Waals surface area contributed by atoms with Crippen molar-refractivity contribution in [3.05, 3.63) is 92.1 Å². The first-order valence-corrected chi connectivity index (χ1v) is 21.9. The van der Waals surface area contributed by atoms with E-state index in [1.807, 2.05) is 37.3 Å². The second kappa shape index (κ2) is 17.8. The molecule has 4 amide bonds. The monoisotopic (exact) mass is 885 g/mol. The van der Waals surface area contributed by atoms with E-state index in [4.69, 9.17) is 9.15 Å². The third-order valence-corrected chi connectivity index (χ3v) is 13.3. The van der Waals surface area contributed by atoms with Crippen LogP contribution in [0, 0.1) is 5.41 Å². The largest absolute Gasteiger partial charge is 0.450 e. The number of furan rings is 1. The molecule has 3 aliphatic heterocycles. The lowest BCUT2D eigenvalue weighted by Gasteiger charge is -2.39. The Bertz CT molecular complexity index is 2750. The van der Waals surface area contributed by atoms with Gasteiger partial charge in [-0.15, -0.1) is 0 Å². The molecule has 2 atom stereocenters. The van der Waals surface area contributed by atoms with E-state index < -0.39 is 35.7 Å². The van der Waals surface area contributed by atoms with Gasteiger partial charge in [-0.2, -0.15) is 8.78 Å². The topological polar surface area (TPSA) is 143 Å². The van der Waals surface area contributed by atoms with Crippen molar-refractivity contribution in [1.29, 1.82) is 0 Å². The van der Waals surface area contributed by atoms with Crippen LogP contribution >= 0.6 is 0 Å². The van der Waals surface area contributed by atoms with E-state index in [9.17, 15) is 32.8 Å². The molecule has 2 saturated heterocycles. The maximum absolute atomic E-state index is 17.0. The zero-order chi connectivity index (χ0) is 45.6. The highest BCUT2D eigenvalue weighted by molar-refractivity contribution is 6.00. The molecule has 1 N–H and O–H groups in total. The van der Waals surface area contributed by atoms with Crippen LogP contribution in [-0.4, -0.2) is 113 Å². The minimum absolute atomic E-state index is 0.00347. The van der Waals surface area contributed by atoms with Gasteiger partial charge < -0.3 is 23.9 Å². The quantitative estimate of drug-likeness (QED) is 0.164. The number of halogens is 3. The van der Waals surface area contributed by atoms with Gasteiger partial charge in [-0.3, -0.25) is 38.5 Å². The average molecular weight is 886 g/mol. The fraction of sp³-hybridized carbons (Fsp3) is 0.468. The van der Waals surface area contributed by atoms with Crippen molar-refractivity contribution in [3.63, 3.8) is 0 Å². The van der Waals surface area contributed by atoms with E-state index in [0.717, 1.165) is 11.1 Å². The summed E-state index contributed by atoms with van der Waals surface area (Å²) < 4.78 is 60.1. The van der Waals surface area contributed by atoms with Gasteiger partial charge in [0, 0.05) is 114 Å². The number of aryl methyl sites for hydroxylation is 1. The Kier molecular flexibility index (Phi) is 12.4. The summed E-state index contributed by atoms with van der Waals surface area (Å²) in [4.78, 5) is 71.4. The van der Waals surface area contributed by atoms with Crippen LogP contribution in [0.25, 0.3) is 22.4 Å². The molecule has 2 unspecified atom stereocenters. The predicted molar refractivity (Wildman–Crippen MR) is 234 cm³/mol. The summed E-state index contributed by atoms with van der Waals surface area (Å²) in [7, 11) is 3.32. The smallest absolute Gasteiger partial charge is 0.387 e. The van der Waals surface area contributed by atoms with Crippen LogP contribution in [0.1, 0.15) is 80.6 Å². The van der Waals surface area contributed by atoms with Crippen molar-refractivity contribution in [3.8, 4) is 5.75 Å². The minimum atomic E-state index is -3.17. The number of piperazine rings is 1. The molecule has 340 valence electrons. The number of ether oxygens (including phenoxy) is 1. The molecule has 8 rings (SSSR count). The Hall–Kier alpha value is -6.10. The van der Waals surface area contributed by atoms with Gasteiger partial charge in [-0.1, -0.05) is 25.1 Å². The molecule has 2 aromatic heterocycles. The summed E-state index contributed by atoms with van der Waals surface area (Å²) in [6.07, 6.45) is 4.18. The summed E-state index contributed by atoms with van der Waals surface area (Å²) in [5.41, 5.74) is 2.81. The first-order valence-electron chi connectivity index (χ1n) is 21.9. The summed E-state index contributed by atoms with van der Waals surface area (Å²) in [6.45, 7) is 6.27. The molecule has 0 saturated carbocycles. The number of benzene rings is 2. The number of rotatable bonds is 12. The Morgan fingerprint density at radius 3 is 2.53 bits per heavy atom. The highest BCUT2D eigenvalue weighted by atomic mass is 19.3. The van der Waals surface area contributed by atoms with Crippen molar-refractivity contribution >= 4 is 51.7 Å². The normalized spacial score (nSPS) is 20.8. The number of amides is 4. The lowest BCUT2D eigenvalue weighted by molar-refractivity contribution is -0.135. The lowest BCUT2D eigenvalue weighted by Crippen LogP contribution is -2.47. The van der Waals surface area contributed by atoms with Crippen molar-refractivity contribution in [2.45, 2.75) is 71.9 Å². The number of anilines is 1. The van der Waals surface area contributed by atoms with E-state index in [-0.39, 0.29) is 71.0 Å². The van der Waals surface area contributed by atoms with E-state index in [1.54, 1.807) is 42.6 Å². The molecular weight excluding hydrogens is 832 g/mol. The summed E-state index contributed by atoms with van der Waals surface area (Å²) in [5.74, 6) is -2.12. The molecule has 64 heavy (non-hydrogen) atoms. The first kappa shape index (κ1) is 44.5. The number of imidazole rings is 1. The minimum Gasteiger partial charge on any atom is -0.450 e. The number of hydrogen-bond acceptors (Lipinski definition) is 9. The number of carbonyl (C=O) groups is 4. The van der Waals surface area contributed by atoms with Gasteiger partial charge in [0.1, 0.15) is 23.0 Å². The average Bonchev–Trinajstić information content (AvgIpc) is 3.83. The number of carbonyl (C=O) groups excluding carboxylic acids is 4. The van der Waals surface area contributed by atoms with E-state index in [0.29, 0.717) is 87.4 Å². The van der Waals surface area contributed by atoms with E-state index in [1.165, 1.54) is 22.5 Å². The molecule has 14 nitrogen and oxygen atoms in total. The maximum Gasteiger partial charge on any atom is 0.387 e. The van der Waals surface area contributed by atoms with Crippen LogP contribution in [0.4, 0.5) is 18.9 Å². The van der Waals surface area contributed by atoms with Gasteiger partial charge in [-0.25, -0.2) is 9.18 Å². The Morgan fingerprint density at radius 1 is 1.06 bits per heavy atom. The number of aromatic nitrogens is 2. The highest BCUT2D eigenvalue weighted by Crippen LogP contribution is 2.48. The Labute approximate surface area is 368 Å². The molecule has 2 aromatic carbocycles. The Balaban J connectivity index is 1.06. The fourth-order valence-corrected chi connectivity index (χ4v) is 9.81. The molecule has 0 radical (unpaired) electrons.